The van der Waals surface area contributed by atoms with Gasteiger partial charge in [-0.3, -0.25) is 5.10 Å². The quantitative estimate of drug-likeness (QED) is 0.859. The van der Waals surface area contributed by atoms with E-state index < -0.39 is 0 Å². The minimum absolute atomic E-state index is 0.442. The van der Waals surface area contributed by atoms with Gasteiger partial charge in [-0.1, -0.05) is 0 Å². The molecule has 1 aromatic heterocycles. The first-order valence-corrected chi connectivity index (χ1v) is 5.75. The number of aromatic amines is 1. The average Bonchev–Trinajstić information content (AvgIpc) is 2.84. The number of H-pyrrole nitrogens is 1. The summed E-state index contributed by atoms with van der Waals surface area (Å²) in [5.41, 5.74) is 8.31. The normalized spacial score (nSPS) is 10.5. The number of aromatic nitrogens is 2. The zero-order chi connectivity index (χ0) is 13.8. The minimum atomic E-state index is 0.442. The second-order valence-electron chi connectivity index (χ2n) is 3.97. The lowest BCUT2D eigenvalue weighted by molar-refractivity contribution is 0.181. The zero-order valence-corrected chi connectivity index (χ0v) is 11.2. The molecule has 2 aromatic rings. The average molecular weight is 263 g/mol. The lowest BCUT2D eigenvalue weighted by Crippen LogP contribution is -2.00. The number of hydrogen-bond donors (Lipinski definition) is 2. The Balaban J connectivity index is 2.67. The maximum atomic E-state index is 5.88. The SMILES string of the molecule is COCc1ccc(OC)c(-c2cn[nH]c2N)c1OC. The molecule has 102 valence electrons. The van der Waals surface area contributed by atoms with Crippen LogP contribution in [0.2, 0.25) is 0 Å². The summed E-state index contributed by atoms with van der Waals surface area (Å²) in [5.74, 6) is 1.81. The maximum Gasteiger partial charge on any atom is 0.136 e. The lowest BCUT2D eigenvalue weighted by Gasteiger charge is -2.16. The van der Waals surface area contributed by atoms with Gasteiger partial charge in [-0.2, -0.15) is 5.10 Å². The minimum Gasteiger partial charge on any atom is -0.496 e. The molecule has 19 heavy (non-hydrogen) atoms. The van der Waals surface area contributed by atoms with Crippen molar-refractivity contribution in [2.24, 2.45) is 0 Å². The first kappa shape index (κ1) is 13.2. The van der Waals surface area contributed by atoms with Crippen LogP contribution < -0.4 is 15.2 Å². The molecule has 0 fully saturated rings. The van der Waals surface area contributed by atoms with Crippen LogP contribution in [0.25, 0.3) is 11.1 Å². The van der Waals surface area contributed by atoms with E-state index in [1.807, 2.05) is 12.1 Å². The summed E-state index contributed by atoms with van der Waals surface area (Å²) in [6, 6.07) is 3.76. The van der Waals surface area contributed by atoms with Crippen LogP contribution in [0.15, 0.2) is 18.3 Å². The Morgan fingerprint density at radius 2 is 2.00 bits per heavy atom. The highest BCUT2D eigenvalue weighted by molar-refractivity contribution is 5.84. The number of nitrogens with one attached hydrogen (secondary N) is 1. The van der Waals surface area contributed by atoms with Gasteiger partial charge in [-0.05, 0) is 12.1 Å². The summed E-state index contributed by atoms with van der Waals surface area (Å²) < 4.78 is 16.0. The predicted molar refractivity (Wildman–Crippen MR) is 72.3 cm³/mol. The fourth-order valence-electron chi connectivity index (χ4n) is 2.03. The number of anilines is 1. The van der Waals surface area contributed by atoms with Crippen LogP contribution in [-0.4, -0.2) is 31.5 Å². The van der Waals surface area contributed by atoms with Crippen molar-refractivity contribution in [2.75, 3.05) is 27.1 Å². The van der Waals surface area contributed by atoms with Crippen molar-refractivity contribution in [3.8, 4) is 22.6 Å². The van der Waals surface area contributed by atoms with Crippen molar-refractivity contribution in [3.63, 3.8) is 0 Å². The van der Waals surface area contributed by atoms with Crippen molar-refractivity contribution in [1.29, 1.82) is 0 Å². The number of rotatable bonds is 5. The van der Waals surface area contributed by atoms with E-state index in [4.69, 9.17) is 19.9 Å². The number of methoxy groups -OCH3 is 3. The third kappa shape index (κ3) is 2.34. The van der Waals surface area contributed by atoms with E-state index in [1.165, 1.54) is 0 Å². The molecule has 0 saturated carbocycles. The molecule has 0 aliphatic heterocycles. The van der Waals surface area contributed by atoms with Gasteiger partial charge in [-0.25, -0.2) is 0 Å². The van der Waals surface area contributed by atoms with E-state index in [1.54, 1.807) is 27.5 Å². The number of nitrogen functional groups attached to an aromatic ring is 1. The Bertz CT molecular complexity index is 566. The molecule has 0 aliphatic carbocycles. The number of nitrogens with two attached hydrogens (primary N) is 1. The molecule has 0 amide bonds. The van der Waals surface area contributed by atoms with Gasteiger partial charge in [-0.15, -0.1) is 0 Å². The molecule has 1 aromatic carbocycles. The van der Waals surface area contributed by atoms with Gasteiger partial charge in [0.2, 0.25) is 0 Å². The summed E-state index contributed by atoms with van der Waals surface area (Å²) in [5, 5.41) is 6.64. The monoisotopic (exact) mass is 263 g/mol. The highest BCUT2D eigenvalue weighted by atomic mass is 16.5. The molecule has 0 unspecified atom stereocenters. The van der Waals surface area contributed by atoms with E-state index in [-0.39, 0.29) is 0 Å². The van der Waals surface area contributed by atoms with Crippen LogP contribution in [0.3, 0.4) is 0 Å². The number of ether oxygens (including phenoxy) is 3. The molecule has 3 N–H and O–H groups in total. The molecule has 0 atom stereocenters. The number of benzene rings is 1. The third-order valence-corrected chi connectivity index (χ3v) is 2.86. The summed E-state index contributed by atoms with van der Waals surface area (Å²) in [4.78, 5) is 0. The standard InChI is InChI=1S/C13H17N3O3/c1-17-7-8-4-5-10(18-2)11(12(8)19-3)9-6-15-16-13(9)14/h4-6H,7H2,1-3H3,(H3,14,15,16). The topological polar surface area (TPSA) is 82.4 Å². The van der Waals surface area contributed by atoms with Crippen LogP contribution in [0.1, 0.15) is 5.56 Å². The summed E-state index contributed by atoms with van der Waals surface area (Å²) in [7, 11) is 4.84. The number of nitrogens with zero attached hydrogens (tertiary/aromatic N) is 1. The predicted octanol–water partition coefficient (Wildman–Crippen LogP) is 1.82. The van der Waals surface area contributed by atoms with E-state index in [0.717, 1.165) is 16.7 Å². The van der Waals surface area contributed by atoms with Crippen molar-refractivity contribution >= 4 is 5.82 Å². The molecular formula is C13H17N3O3. The summed E-state index contributed by atoms with van der Waals surface area (Å²) in [6.07, 6.45) is 1.65. The Hall–Kier alpha value is -2.21. The molecule has 6 heteroatoms. The van der Waals surface area contributed by atoms with Crippen molar-refractivity contribution in [3.05, 3.63) is 23.9 Å². The first-order chi connectivity index (χ1) is 9.22. The molecule has 6 nitrogen and oxygen atoms in total. The summed E-state index contributed by atoms with van der Waals surface area (Å²) >= 11 is 0. The lowest BCUT2D eigenvalue weighted by atomic mass is 10.0. The van der Waals surface area contributed by atoms with Gasteiger partial charge in [0.25, 0.3) is 0 Å². The molecule has 0 spiro atoms. The highest BCUT2D eigenvalue weighted by Gasteiger charge is 2.19. The van der Waals surface area contributed by atoms with Gasteiger partial charge < -0.3 is 19.9 Å². The van der Waals surface area contributed by atoms with E-state index in [0.29, 0.717) is 23.9 Å². The molecule has 0 bridgehead atoms. The Kier molecular flexibility index (Phi) is 3.91. The zero-order valence-electron chi connectivity index (χ0n) is 11.2. The van der Waals surface area contributed by atoms with Gasteiger partial charge in [0, 0.05) is 12.7 Å². The third-order valence-electron chi connectivity index (χ3n) is 2.86. The van der Waals surface area contributed by atoms with Crippen LogP contribution in [-0.2, 0) is 11.3 Å². The Morgan fingerprint density at radius 3 is 2.53 bits per heavy atom. The second-order valence-corrected chi connectivity index (χ2v) is 3.97. The molecular weight excluding hydrogens is 246 g/mol. The van der Waals surface area contributed by atoms with E-state index in [9.17, 15) is 0 Å². The highest BCUT2D eigenvalue weighted by Crippen LogP contribution is 2.42. The van der Waals surface area contributed by atoms with Crippen LogP contribution in [0.5, 0.6) is 11.5 Å². The smallest absolute Gasteiger partial charge is 0.136 e. The largest absolute Gasteiger partial charge is 0.496 e. The van der Waals surface area contributed by atoms with Gasteiger partial charge in [0.15, 0.2) is 0 Å². The molecule has 2 rings (SSSR count). The van der Waals surface area contributed by atoms with Crippen LogP contribution in [0, 0.1) is 0 Å². The summed E-state index contributed by atoms with van der Waals surface area (Å²) in [6.45, 7) is 0.442. The van der Waals surface area contributed by atoms with Gasteiger partial charge >= 0.3 is 0 Å². The van der Waals surface area contributed by atoms with Crippen molar-refractivity contribution in [2.45, 2.75) is 6.61 Å². The van der Waals surface area contributed by atoms with Crippen molar-refractivity contribution < 1.29 is 14.2 Å². The first-order valence-electron chi connectivity index (χ1n) is 5.75. The second kappa shape index (κ2) is 5.62. The van der Waals surface area contributed by atoms with Gasteiger partial charge in [0.05, 0.1) is 38.2 Å². The molecule has 0 radical (unpaired) electrons. The van der Waals surface area contributed by atoms with Crippen LogP contribution >= 0.6 is 0 Å². The molecule has 0 saturated heterocycles. The van der Waals surface area contributed by atoms with Gasteiger partial charge in [0.1, 0.15) is 17.3 Å². The number of hydrogen-bond acceptors (Lipinski definition) is 5. The van der Waals surface area contributed by atoms with Crippen molar-refractivity contribution in [1.82, 2.24) is 10.2 Å². The van der Waals surface area contributed by atoms with E-state index in [2.05, 4.69) is 10.2 Å². The fraction of sp³-hybridized carbons (Fsp3) is 0.308. The molecule has 1 heterocycles. The molecule has 0 aliphatic rings. The Labute approximate surface area is 111 Å². The van der Waals surface area contributed by atoms with E-state index >= 15 is 0 Å². The maximum absolute atomic E-state index is 5.88. The Morgan fingerprint density at radius 1 is 1.21 bits per heavy atom. The fourth-order valence-corrected chi connectivity index (χ4v) is 2.03. The van der Waals surface area contributed by atoms with Crippen LogP contribution in [0.4, 0.5) is 5.82 Å².